The smallest absolute Gasteiger partial charge is 0.317 e. The van der Waals surface area contributed by atoms with Gasteiger partial charge in [-0.15, -0.1) is 0 Å². The second-order valence-corrected chi connectivity index (χ2v) is 5.40. The van der Waals surface area contributed by atoms with Crippen molar-refractivity contribution in [1.82, 2.24) is 25.3 Å². The number of amides is 2. The van der Waals surface area contributed by atoms with Crippen molar-refractivity contribution < 1.29 is 14.1 Å². The van der Waals surface area contributed by atoms with Crippen molar-refractivity contribution in [2.45, 2.75) is 25.5 Å². The summed E-state index contributed by atoms with van der Waals surface area (Å²) in [7, 11) is 1.74. The molecule has 2 amide bonds. The predicted molar refractivity (Wildman–Crippen MR) is 81.4 cm³/mol. The number of nitrogens with one attached hydrogen (secondary N) is 1. The Labute approximate surface area is 133 Å². The first-order valence-corrected chi connectivity index (χ1v) is 7.57. The Hall–Kier alpha value is -2.48. The maximum absolute atomic E-state index is 12.0. The zero-order valence-corrected chi connectivity index (χ0v) is 12.9. The Morgan fingerprint density at radius 3 is 3.13 bits per heavy atom. The normalized spacial score (nSPS) is 17.2. The van der Waals surface area contributed by atoms with Crippen molar-refractivity contribution >= 4 is 6.03 Å². The van der Waals surface area contributed by atoms with Crippen LogP contribution in [0.2, 0.25) is 0 Å². The average molecular weight is 317 g/mol. The predicted octanol–water partition coefficient (Wildman–Crippen LogP) is 1.45. The summed E-state index contributed by atoms with van der Waals surface area (Å²) in [5.41, 5.74) is 0.629. The van der Waals surface area contributed by atoms with Crippen molar-refractivity contribution in [3.63, 3.8) is 0 Å². The second-order valence-electron chi connectivity index (χ2n) is 5.40. The van der Waals surface area contributed by atoms with Gasteiger partial charge in [-0.1, -0.05) is 11.2 Å². The molecule has 0 unspecified atom stereocenters. The molecule has 0 aromatic carbocycles. The van der Waals surface area contributed by atoms with Crippen LogP contribution in [0.25, 0.3) is 11.5 Å². The van der Waals surface area contributed by atoms with Gasteiger partial charge in [-0.25, -0.2) is 4.79 Å². The molecule has 23 heavy (non-hydrogen) atoms. The first-order chi connectivity index (χ1) is 11.2. The van der Waals surface area contributed by atoms with Crippen LogP contribution in [-0.2, 0) is 11.3 Å². The highest BCUT2D eigenvalue weighted by Crippen LogP contribution is 2.13. The Morgan fingerprint density at radius 1 is 1.48 bits per heavy atom. The molecule has 0 aliphatic carbocycles. The Bertz CT molecular complexity index is 640. The summed E-state index contributed by atoms with van der Waals surface area (Å²) in [4.78, 5) is 22.0. The van der Waals surface area contributed by atoms with Crippen molar-refractivity contribution in [2.75, 3.05) is 20.2 Å². The molecule has 1 atom stereocenters. The molecule has 1 aliphatic heterocycles. The minimum atomic E-state index is -0.196. The largest absolute Gasteiger partial charge is 0.376 e. The van der Waals surface area contributed by atoms with E-state index < -0.39 is 0 Å². The number of aromatic nitrogens is 3. The van der Waals surface area contributed by atoms with E-state index in [1.807, 2.05) is 12.1 Å². The summed E-state index contributed by atoms with van der Waals surface area (Å²) in [5.74, 6) is 0.743. The molecular weight excluding hydrogens is 298 g/mol. The van der Waals surface area contributed by atoms with E-state index in [0.717, 1.165) is 19.4 Å². The van der Waals surface area contributed by atoms with Crippen LogP contribution in [0.3, 0.4) is 0 Å². The third kappa shape index (κ3) is 4.04. The summed E-state index contributed by atoms with van der Waals surface area (Å²) in [5, 5.41) is 6.61. The second kappa shape index (κ2) is 7.19. The van der Waals surface area contributed by atoms with E-state index in [2.05, 4.69) is 20.4 Å². The van der Waals surface area contributed by atoms with Crippen LogP contribution in [0.5, 0.6) is 0 Å². The molecule has 2 aromatic heterocycles. The summed E-state index contributed by atoms with van der Waals surface area (Å²) < 4.78 is 10.6. The lowest BCUT2D eigenvalue weighted by molar-refractivity contribution is 0.0873. The van der Waals surface area contributed by atoms with E-state index in [0.29, 0.717) is 24.0 Å². The number of nitrogens with zero attached hydrogens (tertiary/aromatic N) is 4. The summed E-state index contributed by atoms with van der Waals surface area (Å²) in [6, 6.07) is 5.26. The molecule has 0 saturated carbocycles. The van der Waals surface area contributed by atoms with Crippen LogP contribution in [0.15, 0.2) is 28.9 Å². The standard InChI is InChI=1S/C15H19N5O3/c1-20(10-11-5-4-8-22-11)15(21)17-9-13-18-14(19-23-13)12-6-2-3-7-16-12/h2-3,6-7,11H,4-5,8-10H2,1H3,(H,17,21)/t11-/m1/s1. The van der Waals surface area contributed by atoms with Gasteiger partial charge in [0.2, 0.25) is 11.7 Å². The first kappa shape index (κ1) is 15.4. The van der Waals surface area contributed by atoms with Gasteiger partial charge in [-0.2, -0.15) is 4.98 Å². The van der Waals surface area contributed by atoms with Crippen LogP contribution in [-0.4, -0.2) is 52.4 Å². The van der Waals surface area contributed by atoms with Gasteiger partial charge in [0.15, 0.2) is 0 Å². The molecule has 2 aromatic rings. The SMILES string of the molecule is CN(C[C@H]1CCCO1)C(=O)NCc1nc(-c2ccccn2)no1. The average Bonchev–Trinajstić information content (AvgIpc) is 3.25. The highest BCUT2D eigenvalue weighted by molar-refractivity contribution is 5.73. The molecule has 0 bridgehead atoms. The molecule has 3 rings (SSSR count). The molecule has 1 aliphatic rings. The number of rotatable bonds is 5. The van der Waals surface area contributed by atoms with Crippen LogP contribution >= 0.6 is 0 Å². The Balaban J connectivity index is 1.50. The van der Waals surface area contributed by atoms with Crippen molar-refractivity contribution in [3.8, 4) is 11.5 Å². The van der Waals surface area contributed by atoms with Gasteiger partial charge < -0.3 is 19.5 Å². The van der Waals surface area contributed by atoms with E-state index in [-0.39, 0.29) is 18.7 Å². The van der Waals surface area contributed by atoms with Crippen LogP contribution in [0, 0.1) is 0 Å². The van der Waals surface area contributed by atoms with E-state index in [1.165, 1.54) is 0 Å². The number of pyridine rings is 1. The third-order valence-corrected chi connectivity index (χ3v) is 3.60. The molecule has 3 heterocycles. The maximum atomic E-state index is 12.0. The van der Waals surface area contributed by atoms with Gasteiger partial charge in [-0.05, 0) is 25.0 Å². The Morgan fingerprint density at radius 2 is 2.39 bits per heavy atom. The lowest BCUT2D eigenvalue weighted by Crippen LogP contribution is -2.40. The Kier molecular flexibility index (Phi) is 4.82. The van der Waals surface area contributed by atoms with Gasteiger partial charge in [0.05, 0.1) is 12.6 Å². The quantitative estimate of drug-likeness (QED) is 0.897. The monoisotopic (exact) mass is 317 g/mol. The molecule has 1 saturated heterocycles. The van der Waals surface area contributed by atoms with Crippen LogP contribution < -0.4 is 5.32 Å². The van der Waals surface area contributed by atoms with Gasteiger partial charge >= 0.3 is 6.03 Å². The summed E-state index contributed by atoms with van der Waals surface area (Å²) >= 11 is 0. The number of likely N-dealkylation sites (N-methyl/N-ethyl adjacent to an activating group) is 1. The first-order valence-electron chi connectivity index (χ1n) is 7.57. The molecular formula is C15H19N5O3. The van der Waals surface area contributed by atoms with Crippen LogP contribution in [0.1, 0.15) is 18.7 Å². The fourth-order valence-corrected chi connectivity index (χ4v) is 2.39. The number of ether oxygens (including phenoxy) is 1. The maximum Gasteiger partial charge on any atom is 0.317 e. The van der Waals surface area contributed by atoms with E-state index in [9.17, 15) is 4.79 Å². The van der Waals surface area contributed by atoms with Crippen LogP contribution in [0.4, 0.5) is 4.79 Å². The number of carbonyl (C=O) groups is 1. The van der Waals surface area contributed by atoms with Crippen molar-refractivity contribution in [2.24, 2.45) is 0 Å². The molecule has 0 spiro atoms. The summed E-state index contributed by atoms with van der Waals surface area (Å²) in [6.07, 6.45) is 3.84. The van der Waals surface area contributed by atoms with E-state index >= 15 is 0 Å². The number of hydrogen-bond donors (Lipinski definition) is 1. The topological polar surface area (TPSA) is 93.4 Å². The highest BCUT2D eigenvalue weighted by atomic mass is 16.5. The third-order valence-electron chi connectivity index (χ3n) is 3.60. The minimum Gasteiger partial charge on any atom is -0.376 e. The molecule has 8 heteroatoms. The van der Waals surface area contributed by atoms with Gasteiger partial charge in [0.25, 0.3) is 0 Å². The van der Waals surface area contributed by atoms with Crippen molar-refractivity contribution in [3.05, 3.63) is 30.3 Å². The molecule has 1 N–H and O–H groups in total. The van der Waals surface area contributed by atoms with Crippen molar-refractivity contribution in [1.29, 1.82) is 0 Å². The van der Waals surface area contributed by atoms with E-state index in [4.69, 9.17) is 9.26 Å². The number of urea groups is 1. The van der Waals surface area contributed by atoms with E-state index in [1.54, 1.807) is 24.2 Å². The zero-order valence-electron chi connectivity index (χ0n) is 12.9. The minimum absolute atomic E-state index is 0.130. The number of hydrogen-bond acceptors (Lipinski definition) is 6. The number of carbonyl (C=O) groups excluding carboxylic acids is 1. The summed E-state index contributed by atoms with van der Waals surface area (Å²) in [6.45, 7) is 1.53. The highest BCUT2D eigenvalue weighted by Gasteiger charge is 2.20. The molecule has 0 radical (unpaired) electrons. The molecule has 8 nitrogen and oxygen atoms in total. The fourth-order valence-electron chi connectivity index (χ4n) is 2.39. The lowest BCUT2D eigenvalue weighted by atomic mass is 10.2. The fraction of sp³-hybridized carbons (Fsp3) is 0.467. The van der Waals surface area contributed by atoms with Gasteiger partial charge in [0, 0.05) is 26.4 Å². The zero-order chi connectivity index (χ0) is 16.1. The molecule has 1 fully saturated rings. The lowest BCUT2D eigenvalue weighted by Gasteiger charge is -2.20. The van der Waals surface area contributed by atoms with Gasteiger partial charge in [0.1, 0.15) is 5.69 Å². The molecule has 122 valence electrons. The van der Waals surface area contributed by atoms with Gasteiger partial charge in [-0.3, -0.25) is 4.98 Å².